The number of carboxylic acids is 1. The summed E-state index contributed by atoms with van der Waals surface area (Å²) in [5.41, 5.74) is -0.661. The van der Waals surface area contributed by atoms with E-state index in [1.54, 1.807) is 4.90 Å². The van der Waals surface area contributed by atoms with Crippen LogP contribution >= 0.6 is 0 Å². The number of hydrogen-bond acceptors (Lipinski definition) is 3. The fourth-order valence-electron chi connectivity index (χ4n) is 2.53. The summed E-state index contributed by atoms with van der Waals surface area (Å²) in [6.45, 7) is 6.62. The number of amides is 1. The Bertz CT molecular complexity index is 360. The second-order valence-electron chi connectivity index (χ2n) is 6.11. The molecule has 0 bridgehead atoms. The molecule has 1 heterocycles. The number of carbonyl (C=O) groups is 2. The highest BCUT2D eigenvalue weighted by Gasteiger charge is 2.62. The molecule has 0 aromatic heterocycles. The molecule has 0 aromatic rings. The van der Waals surface area contributed by atoms with Gasteiger partial charge in [-0.05, 0) is 33.6 Å². The van der Waals surface area contributed by atoms with Crippen molar-refractivity contribution in [3.8, 4) is 0 Å². The fraction of sp³-hybridized carbons (Fsp3) is 0.833. The number of carboxylic acid groups (broad SMARTS) is 1. The summed E-state index contributed by atoms with van der Waals surface area (Å²) in [7, 11) is 0. The van der Waals surface area contributed by atoms with Crippen LogP contribution in [0.5, 0.6) is 0 Å². The van der Waals surface area contributed by atoms with Crippen LogP contribution in [0.3, 0.4) is 0 Å². The van der Waals surface area contributed by atoms with E-state index in [0.717, 1.165) is 6.42 Å². The summed E-state index contributed by atoms with van der Waals surface area (Å²) in [5.74, 6) is -1.01. The third-order valence-electron chi connectivity index (χ3n) is 3.52. The van der Waals surface area contributed by atoms with E-state index in [4.69, 9.17) is 9.84 Å². The monoisotopic (exact) mass is 241 g/mol. The van der Waals surface area contributed by atoms with Crippen LogP contribution in [-0.4, -0.2) is 40.8 Å². The van der Waals surface area contributed by atoms with E-state index >= 15 is 0 Å². The van der Waals surface area contributed by atoms with Crippen molar-refractivity contribution in [2.45, 2.75) is 39.2 Å². The molecule has 2 rings (SSSR count). The maximum Gasteiger partial charge on any atom is 0.410 e. The first-order valence-electron chi connectivity index (χ1n) is 5.94. The second-order valence-corrected chi connectivity index (χ2v) is 6.11. The van der Waals surface area contributed by atoms with Gasteiger partial charge in [0.1, 0.15) is 5.60 Å². The fourth-order valence-corrected chi connectivity index (χ4v) is 2.53. The highest BCUT2D eigenvalue weighted by molar-refractivity contribution is 5.76. The van der Waals surface area contributed by atoms with Gasteiger partial charge in [-0.15, -0.1) is 0 Å². The average Bonchev–Trinajstić information content (AvgIpc) is 2.65. The topological polar surface area (TPSA) is 66.8 Å². The molecular formula is C12H19NO4. The van der Waals surface area contributed by atoms with E-state index in [1.165, 1.54) is 0 Å². The van der Waals surface area contributed by atoms with Gasteiger partial charge in [0.05, 0.1) is 5.92 Å². The molecule has 5 heteroatoms. The molecule has 1 N–H and O–H groups in total. The van der Waals surface area contributed by atoms with Crippen molar-refractivity contribution in [2.75, 3.05) is 13.1 Å². The lowest BCUT2D eigenvalue weighted by Crippen LogP contribution is -2.35. The van der Waals surface area contributed by atoms with Crippen LogP contribution in [0.1, 0.15) is 33.6 Å². The summed E-state index contributed by atoms with van der Waals surface area (Å²) in [4.78, 5) is 24.3. The maximum atomic E-state index is 11.8. The average molecular weight is 241 g/mol. The minimum Gasteiger partial charge on any atom is -0.481 e. The zero-order valence-corrected chi connectivity index (χ0v) is 10.5. The Hall–Kier alpha value is -1.26. The maximum absolute atomic E-state index is 11.8. The Balaban J connectivity index is 1.91. The van der Waals surface area contributed by atoms with Crippen LogP contribution in [0.25, 0.3) is 0 Å². The normalized spacial score (nSPS) is 31.7. The third-order valence-corrected chi connectivity index (χ3v) is 3.52. The van der Waals surface area contributed by atoms with Crippen LogP contribution < -0.4 is 0 Å². The molecule has 0 aromatic carbocycles. The van der Waals surface area contributed by atoms with Crippen molar-refractivity contribution >= 4 is 12.1 Å². The Morgan fingerprint density at radius 2 is 2.06 bits per heavy atom. The number of carbonyl (C=O) groups excluding carboxylic acids is 1. The van der Waals surface area contributed by atoms with Gasteiger partial charge in [-0.3, -0.25) is 4.79 Å². The van der Waals surface area contributed by atoms with Crippen LogP contribution in [0.4, 0.5) is 4.79 Å². The Labute approximate surface area is 101 Å². The van der Waals surface area contributed by atoms with E-state index in [9.17, 15) is 9.59 Å². The molecule has 1 spiro atoms. The van der Waals surface area contributed by atoms with Gasteiger partial charge in [-0.1, -0.05) is 0 Å². The zero-order chi connectivity index (χ0) is 12.8. The highest BCUT2D eigenvalue weighted by atomic mass is 16.6. The minimum atomic E-state index is -0.740. The largest absolute Gasteiger partial charge is 0.481 e. The van der Waals surface area contributed by atoms with E-state index in [0.29, 0.717) is 19.5 Å². The van der Waals surface area contributed by atoms with Gasteiger partial charge in [0, 0.05) is 18.5 Å². The summed E-state index contributed by atoms with van der Waals surface area (Å²) >= 11 is 0. The standard InChI is InChI=1S/C12H19NO4/c1-11(2,3)17-10(16)13-5-4-12(7-13)6-8(12)9(14)15/h8H,4-7H2,1-3H3,(H,14,15)/t8-,12-/m1/s1. The SMILES string of the molecule is CC(C)(C)OC(=O)N1CC[C@@]2(C[C@@H]2C(=O)O)C1. The van der Waals surface area contributed by atoms with Gasteiger partial charge in [-0.2, -0.15) is 0 Å². The first-order valence-corrected chi connectivity index (χ1v) is 5.94. The molecule has 5 nitrogen and oxygen atoms in total. The number of likely N-dealkylation sites (tertiary alicyclic amines) is 1. The zero-order valence-electron chi connectivity index (χ0n) is 10.5. The van der Waals surface area contributed by atoms with E-state index in [2.05, 4.69) is 0 Å². The predicted molar refractivity (Wildman–Crippen MR) is 60.6 cm³/mol. The van der Waals surface area contributed by atoms with Gasteiger partial charge in [0.25, 0.3) is 0 Å². The van der Waals surface area contributed by atoms with Crippen LogP contribution in [0.2, 0.25) is 0 Å². The first kappa shape index (κ1) is 12.2. The number of aliphatic carboxylic acids is 1. The molecule has 17 heavy (non-hydrogen) atoms. The number of hydrogen-bond donors (Lipinski definition) is 1. The van der Waals surface area contributed by atoms with Crippen molar-refractivity contribution < 1.29 is 19.4 Å². The van der Waals surface area contributed by atoms with Gasteiger partial charge < -0.3 is 14.7 Å². The highest BCUT2D eigenvalue weighted by Crippen LogP contribution is 2.58. The number of ether oxygens (including phenoxy) is 1. The minimum absolute atomic E-state index is 0.164. The smallest absolute Gasteiger partial charge is 0.410 e. The van der Waals surface area contributed by atoms with Crippen LogP contribution in [0.15, 0.2) is 0 Å². The van der Waals surface area contributed by atoms with Gasteiger partial charge in [0.2, 0.25) is 0 Å². The van der Waals surface area contributed by atoms with Crippen LogP contribution in [0, 0.1) is 11.3 Å². The lowest BCUT2D eigenvalue weighted by Gasteiger charge is -2.24. The number of nitrogens with zero attached hydrogens (tertiary/aromatic N) is 1. The van der Waals surface area contributed by atoms with E-state index < -0.39 is 11.6 Å². The summed E-state index contributed by atoms with van der Waals surface area (Å²) in [6.07, 6.45) is 1.15. The summed E-state index contributed by atoms with van der Waals surface area (Å²) in [5, 5.41) is 8.96. The molecule has 1 amide bonds. The van der Waals surface area contributed by atoms with E-state index in [1.807, 2.05) is 20.8 Å². The molecule has 0 unspecified atom stereocenters. The van der Waals surface area contributed by atoms with Gasteiger partial charge in [0.15, 0.2) is 0 Å². The lowest BCUT2D eigenvalue weighted by molar-refractivity contribution is -0.139. The molecule has 0 radical (unpaired) electrons. The third kappa shape index (κ3) is 2.37. The van der Waals surface area contributed by atoms with Crippen molar-refractivity contribution in [1.29, 1.82) is 0 Å². The summed E-state index contributed by atoms with van der Waals surface area (Å²) in [6, 6.07) is 0. The molecule has 1 saturated carbocycles. The predicted octanol–water partition coefficient (Wildman–Crippen LogP) is 1.72. The molecule has 1 aliphatic carbocycles. The van der Waals surface area contributed by atoms with Crippen LogP contribution in [-0.2, 0) is 9.53 Å². The molecule has 2 fully saturated rings. The Morgan fingerprint density at radius 1 is 1.41 bits per heavy atom. The van der Waals surface area contributed by atoms with Gasteiger partial charge in [-0.25, -0.2) is 4.79 Å². The summed E-state index contributed by atoms with van der Waals surface area (Å²) < 4.78 is 5.28. The van der Waals surface area contributed by atoms with E-state index in [-0.39, 0.29) is 17.4 Å². The van der Waals surface area contributed by atoms with Crippen molar-refractivity contribution in [3.05, 3.63) is 0 Å². The van der Waals surface area contributed by atoms with Crippen molar-refractivity contribution in [2.24, 2.45) is 11.3 Å². The molecule has 1 saturated heterocycles. The number of rotatable bonds is 1. The Kier molecular flexibility index (Phi) is 2.60. The quantitative estimate of drug-likeness (QED) is 0.759. The first-order chi connectivity index (χ1) is 7.73. The van der Waals surface area contributed by atoms with Gasteiger partial charge >= 0.3 is 12.1 Å². The molecule has 1 aliphatic heterocycles. The van der Waals surface area contributed by atoms with Crippen molar-refractivity contribution in [3.63, 3.8) is 0 Å². The Morgan fingerprint density at radius 3 is 2.53 bits per heavy atom. The van der Waals surface area contributed by atoms with Crippen molar-refractivity contribution in [1.82, 2.24) is 4.90 Å². The lowest BCUT2D eigenvalue weighted by atomic mass is 10.0. The molecule has 2 atom stereocenters. The molecular weight excluding hydrogens is 222 g/mol. The molecule has 96 valence electrons. The second kappa shape index (κ2) is 3.62. The molecule has 2 aliphatic rings.